The molecular formula is C11H23N3O. The van der Waals surface area contributed by atoms with E-state index in [4.69, 9.17) is 0 Å². The van der Waals surface area contributed by atoms with Crippen LogP contribution in [0.25, 0.3) is 0 Å². The Hall–Kier alpha value is -0.610. The lowest BCUT2D eigenvalue weighted by Gasteiger charge is -2.30. The molecule has 1 unspecified atom stereocenters. The highest BCUT2D eigenvalue weighted by atomic mass is 16.2. The number of nitrogens with zero attached hydrogens (tertiary/aromatic N) is 2. The van der Waals surface area contributed by atoms with E-state index in [9.17, 15) is 4.79 Å². The number of carbonyl (C=O) groups is 1. The van der Waals surface area contributed by atoms with Crippen molar-refractivity contribution in [2.45, 2.75) is 25.8 Å². The van der Waals surface area contributed by atoms with E-state index in [-0.39, 0.29) is 5.91 Å². The summed E-state index contributed by atoms with van der Waals surface area (Å²) < 4.78 is 0. The molecule has 88 valence electrons. The molecular weight excluding hydrogens is 190 g/mol. The number of rotatable bonds is 3. The van der Waals surface area contributed by atoms with Crippen molar-refractivity contribution in [3.8, 4) is 0 Å². The molecule has 0 aromatic carbocycles. The van der Waals surface area contributed by atoms with Crippen molar-refractivity contribution in [3.05, 3.63) is 0 Å². The van der Waals surface area contributed by atoms with E-state index in [0.29, 0.717) is 12.6 Å². The Balaban J connectivity index is 2.62. The topological polar surface area (TPSA) is 35.6 Å². The number of carbonyl (C=O) groups excluding carboxylic acids is 1. The highest BCUT2D eigenvalue weighted by Crippen LogP contribution is 2.11. The average molecular weight is 213 g/mol. The summed E-state index contributed by atoms with van der Waals surface area (Å²) in [5.41, 5.74) is 0. The first-order chi connectivity index (χ1) is 7.19. The van der Waals surface area contributed by atoms with Crippen LogP contribution in [-0.4, -0.2) is 62.0 Å². The summed E-state index contributed by atoms with van der Waals surface area (Å²) in [6.07, 6.45) is 2.13. The van der Waals surface area contributed by atoms with Gasteiger partial charge in [-0.3, -0.25) is 4.79 Å². The first-order valence-electron chi connectivity index (χ1n) is 5.81. The standard InChI is InChI=1S/C11H23N3O/c1-4-10-9-13(3)6-5-7-14(10)11(15)8-12-2/h10,12H,4-9H2,1-3H3. The summed E-state index contributed by atoms with van der Waals surface area (Å²) in [7, 11) is 3.96. The van der Waals surface area contributed by atoms with E-state index in [1.165, 1.54) is 0 Å². The molecule has 0 aliphatic carbocycles. The first kappa shape index (κ1) is 12.5. The van der Waals surface area contributed by atoms with E-state index in [2.05, 4.69) is 24.2 Å². The summed E-state index contributed by atoms with van der Waals surface area (Å²) >= 11 is 0. The van der Waals surface area contributed by atoms with Crippen molar-refractivity contribution >= 4 is 5.91 Å². The molecule has 1 fully saturated rings. The third kappa shape index (κ3) is 3.47. The quantitative estimate of drug-likeness (QED) is 0.725. The largest absolute Gasteiger partial charge is 0.337 e. The van der Waals surface area contributed by atoms with E-state index < -0.39 is 0 Å². The maximum absolute atomic E-state index is 11.9. The highest BCUT2D eigenvalue weighted by Gasteiger charge is 2.25. The van der Waals surface area contributed by atoms with Crippen LogP contribution in [0.1, 0.15) is 19.8 Å². The summed E-state index contributed by atoms with van der Waals surface area (Å²) in [5.74, 6) is 0.236. The molecule has 1 aliphatic rings. The minimum absolute atomic E-state index is 0.236. The van der Waals surface area contributed by atoms with Crippen molar-refractivity contribution in [2.75, 3.05) is 40.3 Å². The molecule has 0 radical (unpaired) electrons. The maximum Gasteiger partial charge on any atom is 0.236 e. The summed E-state index contributed by atoms with van der Waals surface area (Å²) in [5, 5.41) is 2.94. The molecule has 0 aromatic rings. The van der Waals surface area contributed by atoms with Gasteiger partial charge in [-0.15, -0.1) is 0 Å². The highest BCUT2D eigenvalue weighted by molar-refractivity contribution is 5.78. The third-order valence-corrected chi connectivity index (χ3v) is 3.02. The van der Waals surface area contributed by atoms with Gasteiger partial charge in [0.05, 0.1) is 6.54 Å². The maximum atomic E-state index is 11.9. The number of nitrogens with one attached hydrogen (secondary N) is 1. The van der Waals surface area contributed by atoms with Crippen molar-refractivity contribution in [1.82, 2.24) is 15.1 Å². The van der Waals surface area contributed by atoms with Crippen molar-refractivity contribution in [3.63, 3.8) is 0 Å². The summed E-state index contributed by atoms with van der Waals surface area (Å²) in [4.78, 5) is 16.2. The predicted molar refractivity (Wildman–Crippen MR) is 61.8 cm³/mol. The molecule has 0 aromatic heterocycles. The molecule has 1 saturated heterocycles. The van der Waals surface area contributed by atoms with Gasteiger partial charge in [-0.1, -0.05) is 6.92 Å². The second-order valence-corrected chi connectivity index (χ2v) is 4.30. The van der Waals surface area contributed by atoms with Gasteiger partial charge < -0.3 is 15.1 Å². The molecule has 0 bridgehead atoms. The van der Waals surface area contributed by atoms with Crippen LogP contribution in [0.3, 0.4) is 0 Å². The van der Waals surface area contributed by atoms with E-state index in [0.717, 1.165) is 32.5 Å². The van der Waals surface area contributed by atoms with Crippen molar-refractivity contribution < 1.29 is 4.79 Å². The van der Waals surface area contributed by atoms with Crippen LogP contribution in [0.15, 0.2) is 0 Å². The molecule has 0 spiro atoms. The normalized spacial score (nSPS) is 23.9. The fourth-order valence-electron chi connectivity index (χ4n) is 2.17. The Kier molecular flexibility index (Phi) is 5.05. The van der Waals surface area contributed by atoms with Crippen LogP contribution >= 0.6 is 0 Å². The number of hydrogen-bond acceptors (Lipinski definition) is 3. The van der Waals surface area contributed by atoms with Gasteiger partial charge in [0.15, 0.2) is 0 Å². The number of amides is 1. The molecule has 1 heterocycles. The van der Waals surface area contributed by atoms with Crippen molar-refractivity contribution in [2.24, 2.45) is 0 Å². The van der Waals surface area contributed by atoms with Gasteiger partial charge in [0.25, 0.3) is 0 Å². The second-order valence-electron chi connectivity index (χ2n) is 4.30. The van der Waals surface area contributed by atoms with E-state index >= 15 is 0 Å². The minimum Gasteiger partial charge on any atom is -0.337 e. The van der Waals surface area contributed by atoms with E-state index in [1.807, 2.05) is 11.9 Å². The predicted octanol–water partition coefficient (Wildman–Crippen LogP) is 0.149. The van der Waals surface area contributed by atoms with E-state index in [1.54, 1.807) is 0 Å². The molecule has 4 heteroatoms. The van der Waals surface area contributed by atoms with Gasteiger partial charge in [0.1, 0.15) is 0 Å². The molecule has 1 N–H and O–H groups in total. The fraction of sp³-hybridized carbons (Fsp3) is 0.909. The lowest BCUT2D eigenvalue weighted by atomic mass is 10.2. The van der Waals surface area contributed by atoms with Crippen molar-refractivity contribution in [1.29, 1.82) is 0 Å². The molecule has 1 aliphatic heterocycles. The number of likely N-dealkylation sites (N-methyl/N-ethyl adjacent to an activating group) is 2. The Morgan fingerprint density at radius 3 is 2.80 bits per heavy atom. The van der Waals surface area contributed by atoms with Gasteiger partial charge in [-0.05, 0) is 33.5 Å². The van der Waals surface area contributed by atoms with Crippen LogP contribution in [0.5, 0.6) is 0 Å². The Morgan fingerprint density at radius 2 is 2.20 bits per heavy atom. The van der Waals surface area contributed by atoms with Gasteiger partial charge in [0.2, 0.25) is 5.91 Å². The Labute approximate surface area is 92.6 Å². The lowest BCUT2D eigenvalue weighted by molar-refractivity contribution is -0.132. The zero-order chi connectivity index (χ0) is 11.3. The summed E-state index contributed by atoms with van der Waals surface area (Å²) in [6, 6.07) is 0.387. The van der Waals surface area contributed by atoms with Gasteiger partial charge in [0, 0.05) is 19.1 Å². The Bertz CT molecular complexity index is 208. The number of hydrogen-bond donors (Lipinski definition) is 1. The zero-order valence-electron chi connectivity index (χ0n) is 10.1. The fourth-order valence-corrected chi connectivity index (χ4v) is 2.17. The average Bonchev–Trinajstić information content (AvgIpc) is 2.39. The molecule has 4 nitrogen and oxygen atoms in total. The smallest absolute Gasteiger partial charge is 0.236 e. The van der Waals surface area contributed by atoms with Crippen LogP contribution in [0.4, 0.5) is 0 Å². The lowest BCUT2D eigenvalue weighted by Crippen LogP contribution is -2.46. The molecule has 1 atom stereocenters. The van der Waals surface area contributed by atoms with Crippen LogP contribution in [0, 0.1) is 0 Å². The molecule has 1 rings (SSSR count). The van der Waals surface area contributed by atoms with Gasteiger partial charge in [-0.25, -0.2) is 0 Å². The minimum atomic E-state index is 0.236. The third-order valence-electron chi connectivity index (χ3n) is 3.02. The van der Waals surface area contributed by atoms with Gasteiger partial charge >= 0.3 is 0 Å². The second kappa shape index (κ2) is 6.08. The first-order valence-corrected chi connectivity index (χ1v) is 5.81. The van der Waals surface area contributed by atoms with Gasteiger partial charge in [-0.2, -0.15) is 0 Å². The van der Waals surface area contributed by atoms with Crippen LogP contribution in [-0.2, 0) is 4.79 Å². The van der Waals surface area contributed by atoms with Crippen LogP contribution in [0.2, 0.25) is 0 Å². The molecule has 15 heavy (non-hydrogen) atoms. The zero-order valence-corrected chi connectivity index (χ0v) is 10.1. The summed E-state index contributed by atoms with van der Waals surface area (Å²) in [6.45, 7) is 5.62. The molecule has 1 amide bonds. The SMILES string of the molecule is CCC1CN(C)CCCN1C(=O)CNC. The Morgan fingerprint density at radius 1 is 1.47 bits per heavy atom. The molecule has 0 saturated carbocycles. The monoisotopic (exact) mass is 213 g/mol. The van der Waals surface area contributed by atoms with Crippen LogP contribution < -0.4 is 5.32 Å².